The Labute approximate surface area is 256 Å². The smallest absolute Gasteiger partial charge is 0.306 e. The van der Waals surface area contributed by atoms with E-state index in [2.05, 4.69) is 13.8 Å². The molecular weight excluding hydrogens is 500 g/mol. The Hall–Kier alpha value is -1.10. The van der Waals surface area contributed by atoms with Gasteiger partial charge in [-0.2, -0.15) is 0 Å². The van der Waals surface area contributed by atoms with Crippen LogP contribution >= 0.6 is 0 Å². The molecule has 0 radical (unpaired) electrons. The number of rotatable bonds is 32. The number of carbonyl (C=O) groups is 2. The predicted octanol–water partition coefficient (Wildman–Crippen LogP) is 10.4. The second-order valence-corrected chi connectivity index (χ2v) is 11.5. The molecule has 1 atom stereocenters. The molecule has 0 aliphatic heterocycles. The van der Waals surface area contributed by atoms with E-state index in [1.54, 1.807) is 0 Å². The van der Waals surface area contributed by atoms with Crippen LogP contribution in [0.5, 0.6) is 0 Å². The summed E-state index contributed by atoms with van der Waals surface area (Å²) in [4.78, 5) is 24.8. The second kappa shape index (κ2) is 32.4. The van der Waals surface area contributed by atoms with Crippen molar-refractivity contribution in [2.45, 2.75) is 200 Å². The lowest BCUT2D eigenvalue weighted by atomic mass is 10.0. The number of aliphatic hydroxyl groups is 1. The van der Waals surface area contributed by atoms with Gasteiger partial charge in [-0.1, -0.05) is 168 Å². The number of hydrogen-bond acceptors (Lipinski definition) is 5. The molecule has 0 saturated heterocycles. The molecule has 0 fully saturated rings. The molecule has 0 rings (SSSR count). The van der Waals surface area contributed by atoms with Crippen LogP contribution in [0.25, 0.3) is 0 Å². The van der Waals surface area contributed by atoms with Crippen molar-refractivity contribution < 1.29 is 31.0 Å². The molecule has 1 N–H and O–H groups in total. The normalized spacial score (nSPS) is 15.3. The third kappa shape index (κ3) is 29.9. The highest BCUT2D eigenvalue weighted by Crippen LogP contribution is 2.15. The van der Waals surface area contributed by atoms with Gasteiger partial charge in [-0.05, 0) is 12.8 Å². The lowest BCUT2D eigenvalue weighted by molar-refractivity contribution is -0.161. The molecular formula is C35H68O5. The van der Waals surface area contributed by atoms with Crippen molar-refractivity contribution in [2.75, 3.05) is 13.1 Å². The average Bonchev–Trinajstić information content (AvgIpc) is 2.97. The van der Waals surface area contributed by atoms with Crippen molar-refractivity contribution in [1.29, 1.82) is 0 Å². The monoisotopic (exact) mass is 574 g/mol. The van der Waals surface area contributed by atoms with Gasteiger partial charge in [-0.25, -0.2) is 0 Å². The van der Waals surface area contributed by atoms with E-state index in [1.807, 2.05) is 0 Å². The Morgan fingerprint density at radius 3 is 1.18 bits per heavy atom. The lowest BCUT2D eigenvalue weighted by Crippen LogP contribution is -2.28. The third-order valence-corrected chi connectivity index (χ3v) is 7.54. The Morgan fingerprint density at radius 1 is 0.550 bits per heavy atom. The summed E-state index contributed by atoms with van der Waals surface area (Å²) in [6, 6.07) is 0. The van der Waals surface area contributed by atoms with Crippen molar-refractivity contribution in [3.63, 3.8) is 0 Å². The average molecular weight is 574 g/mol. The highest BCUT2D eigenvalue weighted by Gasteiger charge is 2.16. The topological polar surface area (TPSA) is 72.8 Å². The van der Waals surface area contributed by atoms with Crippen molar-refractivity contribution in [2.24, 2.45) is 0 Å². The van der Waals surface area contributed by atoms with Crippen LogP contribution in [-0.4, -0.2) is 36.2 Å². The zero-order chi connectivity index (χ0) is 33.9. The Bertz CT molecular complexity index is 732. The van der Waals surface area contributed by atoms with Crippen molar-refractivity contribution in [1.82, 2.24) is 0 Å². The number of esters is 2. The van der Waals surface area contributed by atoms with Gasteiger partial charge in [0.25, 0.3) is 0 Å². The van der Waals surface area contributed by atoms with Gasteiger partial charge in [0.05, 0.1) is 13.4 Å². The molecule has 0 saturated carbocycles. The van der Waals surface area contributed by atoms with Crippen LogP contribution in [0.3, 0.4) is 0 Å². The minimum Gasteiger partial charge on any atom is -0.462 e. The molecule has 0 aromatic rings. The maximum absolute atomic E-state index is 12.4. The van der Waals surface area contributed by atoms with Crippen LogP contribution in [0.2, 0.25) is 0 Å². The Kier molecular flexibility index (Phi) is 24.6. The summed E-state index contributed by atoms with van der Waals surface area (Å²) in [7, 11) is 0. The summed E-state index contributed by atoms with van der Waals surface area (Å²) in [5, 5.41) is 9.95. The highest BCUT2D eigenvalue weighted by molar-refractivity contribution is 5.70. The van der Waals surface area contributed by atoms with Gasteiger partial charge in [0.15, 0.2) is 6.08 Å². The fourth-order valence-electron chi connectivity index (χ4n) is 4.96. The molecule has 0 bridgehead atoms. The molecule has 0 aliphatic carbocycles. The molecule has 0 heterocycles. The van der Waals surface area contributed by atoms with Crippen LogP contribution in [0.15, 0.2) is 0 Å². The van der Waals surface area contributed by atoms with E-state index >= 15 is 0 Å². The van der Waals surface area contributed by atoms with E-state index in [1.165, 1.54) is 103 Å². The zero-order valence-corrected chi connectivity index (χ0v) is 26.4. The van der Waals surface area contributed by atoms with Gasteiger partial charge in [0.1, 0.15) is 6.56 Å². The fourth-order valence-corrected chi connectivity index (χ4v) is 4.96. The van der Waals surface area contributed by atoms with Crippen LogP contribution < -0.4 is 0 Å². The van der Waals surface area contributed by atoms with Crippen LogP contribution in [0, 0.1) is 0 Å². The molecule has 0 amide bonds. The molecule has 0 aliphatic rings. The largest absolute Gasteiger partial charge is 0.462 e. The first-order chi connectivity index (χ1) is 21.4. The van der Waals surface area contributed by atoms with Crippen LogP contribution in [0.1, 0.15) is 200 Å². The SMILES string of the molecule is [2H]C([2H])(O)C([2H])(OC(=O)CCCCCCCCCCCCCCC)C([2H])([2H])OC(=O)CCCCCCCCCCCCCCC. The highest BCUT2D eigenvalue weighted by atomic mass is 16.6. The van der Waals surface area contributed by atoms with E-state index in [-0.39, 0.29) is 12.8 Å². The van der Waals surface area contributed by atoms with Gasteiger partial charge in [-0.15, -0.1) is 0 Å². The first-order valence-electron chi connectivity index (χ1n) is 19.6. The Morgan fingerprint density at radius 2 is 0.850 bits per heavy atom. The fraction of sp³-hybridized carbons (Fsp3) is 0.943. The summed E-state index contributed by atoms with van der Waals surface area (Å²) in [5.41, 5.74) is 0. The molecule has 5 nitrogen and oxygen atoms in total. The summed E-state index contributed by atoms with van der Waals surface area (Å²) in [6.45, 7) is -2.54. The summed E-state index contributed by atoms with van der Waals surface area (Å²) < 4.78 is 49.2. The molecule has 0 spiro atoms. The lowest BCUT2D eigenvalue weighted by Gasteiger charge is -2.15. The van der Waals surface area contributed by atoms with E-state index in [0.29, 0.717) is 12.8 Å². The minimum atomic E-state index is -3.60. The van der Waals surface area contributed by atoms with Gasteiger partial charge >= 0.3 is 11.9 Å². The number of unbranched alkanes of at least 4 members (excludes halogenated alkanes) is 24. The number of hydrogen-bond donors (Lipinski definition) is 1. The summed E-state index contributed by atoms with van der Waals surface area (Å²) in [5.74, 6) is -1.97. The number of carbonyl (C=O) groups excluding carboxylic acids is 2. The summed E-state index contributed by atoms with van der Waals surface area (Å²) >= 11 is 0. The van der Waals surface area contributed by atoms with Crippen molar-refractivity contribution >= 4 is 11.9 Å². The van der Waals surface area contributed by atoms with Crippen molar-refractivity contribution in [3.05, 3.63) is 0 Å². The molecule has 5 heteroatoms. The standard InChI is InChI=1S/C35H68O5/c1-3-5-7-9-11-13-15-17-19-21-23-25-27-29-34(37)39-32-33(31-36)40-35(38)30-28-26-24-22-20-18-16-14-12-10-8-6-4-2/h33,36H,3-32H2,1-2H3/i31D2,32D2,33D. The third-order valence-electron chi connectivity index (χ3n) is 7.54. The van der Waals surface area contributed by atoms with Gasteiger partial charge in [0.2, 0.25) is 0 Å². The zero-order valence-electron chi connectivity index (χ0n) is 31.4. The number of ether oxygens (including phenoxy) is 2. The van der Waals surface area contributed by atoms with Crippen LogP contribution in [-0.2, 0) is 19.1 Å². The van der Waals surface area contributed by atoms with Crippen molar-refractivity contribution in [3.8, 4) is 0 Å². The minimum absolute atomic E-state index is 0.102. The van der Waals surface area contributed by atoms with Gasteiger partial charge < -0.3 is 14.6 Å². The van der Waals surface area contributed by atoms with Gasteiger partial charge in [0, 0.05) is 12.8 Å². The predicted molar refractivity (Wildman–Crippen MR) is 169 cm³/mol. The first kappa shape index (κ1) is 30.4. The molecule has 1 unspecified atom stereocenters. The van der Waals surface area contributed by atoms with E-state index in [4.69, 9.17) is 16.3 Å². The van der Waals surface area contributed by atoms with E-state index in [0.717, 1.165) is 51.4 Å². The van der Waals surface area contributed by atoms with Crippen LogP contribution in [0.4, 0.5) is 0 Å². The molecule has 0 aromatic carbocycles. The maximum Gasteiger partial charge on any atom is 0.306 e. The first-order valence-corrected chi connectivity index (χ1v) is 17.1. The molecule has 0 aromatic heterocycles. The molecule has 40 heavy (non-hydrogen) atoms. The van der Waals surface area contributed by atoms with E-state index < -0.39 is 31.1 Å². The molecule has 238 valence electrons. The van der Waals surface area contributed by atoms with E-state index in [9.17, 15) is 14.7 Å². The second-order valence-electron chi connectivity index (χ2n) is 11.5. The maximum atomic E-state index is 12.4. The quantitative estimate of drug-likeness (QED) is 0.0640. The van der Waals surface area contributed by atoms with Gasteiger partial charge in [-0.3, -0.25) is 9.59 Å². The summed E-state index contributed by atoms with van der Waals surface area (Å²) in [6.07, 6.45) is 25.7. The Balaban J connectivity index is 4.24.